The molecular weight excluding hydrogens is 238 g/mol. The zero-order chi connectivity index (χ0) is 14.5. The van der Waals surface area contributed by atoms with Crippen molar-refractivity contribution >= 4 is 11.6 Å². The molecule has 1 unspecified atom stereocenters. The second-order valence-corrected chi connectivity index (χ2v) is 5.14. The maximum absolute atomic E-state index is 11.9. The van der Waals surface area contributed by atoms with E-state index >= 15 is 0 Å². The van der Waals surface area contributed by atoms with Crippen molar-refractivity contribution in [3.05, 3.63) is 29.8 Å². The first-order chi connectivity index (χ1) is 8.94. The minimum absolute atomic E-state index is 0.0581. The molecule has 1 atom stereocenters. The number of hydrogen-bond donors (Lipinski definition) is 2. The number of carbonyl (C=O) groups excluding carboxylic acids is 1. The molecule has 0 saturated carbocycles. The molecule has 0 fully saturated rings. The van der Waals surface area contributed by atoms with Gasteiger partial charge in [0, 0.05) is 12.2 Å². The van der Waals surface area contributed by atoms with Crippen LogP contribution in [-0.2, 0) is 10.2 Å². The van der Waals surface area contributed by atoms with Gasteiger partial charge in [-0.1, -0.05) is 19.1 Å². The van der Waals surface area contributed by atoms with Gasteiger partial charge in [0.1, 0.15) is 0 Å². The Bertz CT molecular complexity index is 467. The fraction of sp³-hybridized carbons (Fsp3) is 0.467. The zero-order valence-corrected chi connectivity index (χ0v) is 11.7. The minimum Gasteiger partial charge on any atom is -0.330 e. The van der Waals surface area contributed by atoms with Gasteiger partial charge in [-0.3, -0.25) is 4.79 Å². The summed E-state index contributed by atoms with van der Waals surface area (Å²) in [5.74, 6) is -0.215. The molecule has 0 aliphatic rings. The average Bonchev–Trinajstić information content (AvgIpc) is 2.40. The molecule has 0 bridgehead atoms. The van der Waals surface area contributed by atoms with E-state index in [9.17, 15) is 4.79 Å². The van der Waals surface area contributed by atoms with E-state index in [0.29, 0.717) is 6.54 Å². The van der Waals surface area contributed by atoms with Crippen molar-refractivity contribution in [2.45, 2.75) is 32.6 Å². The summed E-state index contributed by atoms with van der Waals surface area (Å²) < 4.78 is 0. The quantitative estimate of drug-likeness (QED) is 0.852. The molecule has 0 heterocycles. The number of nitrogens with two attached hydrogens (primary N) is 1. The Hall–Kier alpha value is -1.86. The molecule has 0 saturated heterocycles. The second-order valence-electron chi connectivity index (χ2n) is 5.14. The van der Waals surface area contributed by atoms with E-state index < -0.39 is 5.41 Å². The van der Waals surface area contributed by atoms with E-state index in [2.05, 4.69) is 11.4 Å². The van der Waals surface area contributed by atoms with Crippen molar-refractivity contribution in [1.82, 2.24) is 0 Å². The maximum atomic E-state index is 11.9. The number of nitrogens with one attached hydrogen (secondary N) is 1. The van der Waals surface area contributed by atoms with Crippen LogP contribution >= 0.6 is 0 Å². The van der Waals surface area contributed by atoms with Crippen molar-refractivity contribution < 1.29 is 4.79 Å². The molecule has 1 amide bonds. The normalized spacial score (nSPS) is 12.6. The van der Waals surface area contributed by atoms with E-state index in [0.717, 1.165) is 17.7 Å². The Morgan fingerprint density at radius 1 is 1.42 bits per heavy atom. The Labute approximate surface area is 114 Å². The highest BCUT2D eigenvalue weighted by Gasteiger charge is 2.19. The largest absolute Gasteiger partial charge is 0.330 e. The van der Waals surface area contributed by atoms with Crippen LogP contribution in [0.15, 0.2) is 24.3 Å². The fourth-order valence-electron chi connectivity index (χ4n) is 1.74. The van der Waals surface area contributed by atoms with E-state index in [1.165, 1.54) is 0 Å². The maximum Gasteiger partial charge on any atom is 0.228 e. The first-order valence-electron chi connectivity index (χ1n) is 6.47. The van der Waals surface area contributed by atoms with Crippen molar-refractivity contribution in [3.8, 4) is 6.07 Å². The van der Waals surface area contributed by atoms with Crippen LogP contribution in [0.2, 0.25) is 0 Å². The third-order valence-corrected chi connectivity index (χ3v) is 3.30. The Kier molecular flexibility index (Phi) is 5.08. The van der Waals surface area contributed by atoms with E-state index in [1.807, 2.05) is 45.0 Å². The molecule has 0 aromatic heterocycles. The molecule has 1 aromatic carbocycles. The number of anilines is 1. The lowest BCUT2D eigenvalue weighted by Gasteiger charge is -2.17. The predicted octanol–water partition coefficient (Wildman–Crippen LogP) is 2.41. The molecule has 19 heavy (non-hydrogen) atoms. The molecule has 4 nitrogen and oxygen atoms in total. The van der Waals surface area contributed by atoms with Gasteiger partial charge in [0.15, 0.2) is 0 Å². The minimum atomic E-state index is -0.522. The third kappa shape index (κ3) is 3.80. The van der Waals surface area contributed by atoms with Gasteiger partial charge >= 0.3 is 0 Å². The number of hydrogen-bond acceptors (Lipinski definition) is 3. The van der Waals surface area contributed by atoms with Crippen LogP contribution in [0.3, 0.4) is 0 Å². The highest BCUT2D eigenvalue weighted by atomic mass is 16.1. The van der Waals surface area contributed by atoms with Crippen LogP contribution in [0.25, 0.3) is 0 Å². The molecule has 1 aromatic rings. The average molecular weight is 259 g/mol. The summed E-state index contributed by atoms with van der Waals surface area (Å²) in [5.41, 5.74) is 6.68. The van der Waals surface area contributed by atoms with Crippen LogP contribution in [0, 0.1) is 17.2 Å². The number of amides is 1. The Balaban J connectivity index is 2.79. The number of benzene rings is 1. The standard InChI is InChI=1S/C15H21N3O/c1-4-11(9-16)14(19)18-13-7-5-12(6-8-13)15(2,3)10-17/h5-8,11H,4,9,16H2,1-3H3,(H,18,19). The Morgan fingerprint density at radius 2 is 2.00 bits per heavy atom. The van der Waals surface area contributed by atoms with Crippen LogP contribution in [-0.4, -0.2) is 12.5 Å². The summed E-state index contributed by atoms with van der Waals surface area (Å²) in [4.78, 5) is 11.9. The molecule has 0 radical (unpaired) electrons. The molecular formula is C15H21N3O. The highest BCUT2D eigenvalue weighted by Crippen LogP contribution is 2.23. The molecule has 0 spiro atoms. The molecule has 1 rings (SSSR count). The van der Waals surface area contributed by atoms with E-state index in [4.69, 9.17) is 11.0 Å². The summed E-state index contributed by atoms with van der Waals surface area (Å²) >= 11 is 0. The molecule has 0 aliphatic carbocycles. The zero-order valence-electron chi connectivity index (χ0n) is 11.7. The first-order valence-corrected chi connectivity index (χ1v) is 6.47. The molecule has 4 heteroatoms. The lowest BCUT2D eigenvalue weighted by Crippen LogP contribution is -2.28. The van der Waals surface area contributed by atoms with Gasteiger partial charge in [-0.05, 0) is 38.0 Å². The first kappa shape index (κ1) is 15.2. The number of nitriles is 1. The van der Waals surface area contributed by atoms with Gasteiger partial charge in [-0.25, -0.2) is 0 Å². The van der Waals surface area contributed by atoms with Crippen LogP contribution in [0.1, 0.15) is 32.8 Å². The van der Waals surface area contributed by atoms with Crippen LogP contribution < -0.4 is 11.1 Å². The Morgan fingerprint density at radius 3 is 2.42 bits per heavy atom. The van der Waals surface area contributed by atoms with Crippen molar-refractivity contribution in [1.29, 1.82) is 5.26 Å². The fourth-order valence-corrected chi connectivity index (χ4v) is 1.74. The number of rotatable bonds is 5. The topological polar surface area (TPSA) is 78.9 Å². The van der Waals surface area contributed by atoms with E-state index in [-0.39, 0.29) is 11.8 Å². The summed E-state index contributed by atoms with van der Waals surface area (Å²) in [7, 11) is 0. The summed E-state index contributed by atoms with van der Waals surface area (Å²) in [6.45, 7) is 6.02. The molecule has 0 aliphatic heterocycles. The summed E-state index contributed by atoms with van der Waals surface area (Å²) in [6.07, 6.45) is 0.724. The monoisotopic (exact) mass is 259 g/mol. The van der Waals surface area contributed by atoms with Gasteiger partial charge in [-0.15, -0.1) is 0 Å². The smallest absolute Gasteiger partial charge is 0.228 e. The predicted molar refractivity (Wildman–Crippen MR) is 76.5 cm³/mol. The highest BCUT2D eigenvalue weighted by molar-refractivity contribution is 5.92. The lowest BCUT2D eigenvalue weighted by atomic mass is 9.86. The van der Waals surface area contributed by atoms with E-state index in [1.54, 1.807) is 0 Å². The van der Waals surface area contributed by atoms with Crippen molar-refractivity contribution in [2.24, 2.45) is 11.7 Å². The summed E-state index contributed by atoms with van der Waals surface area (Å²) in [5, 5.41) is 11.9. The van der Waals surface area contributed by atoms with Crippen LogP contribution in [0.5, 0.6) is 0 Å². The SMILES string of the molecule is CCC(CN)C(=O)Nc1ccc(C(C)(C)C#N)cc1. The third-order valence-electron chi connectivity index (χ3n) is 3.30. The summed E-state index contributed by atoms with van der Waals surface area (Å²) in [6, 6.07) is 9.61. The second kappa shape index (κ2) is 6.35. The van der Waals surface area contributed by atoms with Crippen LogP contribution in [0.4, 0.5) is 5.69 Å². The van der Waals surface area contributed by atoms with Crippen molar-refractivity contribution in [2.75, 3.05) is 11.9 Å². The van der Waals surface area contributed by atoms with Crippen molar-refractivity contribution in [3.63, 3.8) is 0 Å². The molecule has 3 N–H and O–H groups in total. The van der Waals surface area contributed by atoms with Gasteiger partial charge in [-0.2, -0.15) is 5.26 Å². The van der Waals surface area contributed by atoms with Gasteiger partial charge in [0.25, 0.3) is 0 Å². The van der Waals surface area contributed by atoms with Gasteiger partial charge in [0.2, 0.25) is 5.91 Å². The molecule has 102 valence electrons. The number of carbonyl (C=O) groups is 1. The number of nitrogens with zero attached hydrogens (tertiary/aromatic N) is 1. The van der Waals surface area contributed by atoms with Gasteiger partial charge < -0.3 is 11.1 Å². The van der Waals surface area contributed by atoms with Gasteiger partial charge in [0.05, 0.1) is 17.4 Å². The lowest BCUT2D eigenvalue weighted by molar-refractivity contribution is -0.119.